The SMILES string of the molecule is CCCNC(Cc1ccc(C)cc1Cl)C1CCCC1. The van der Waals surface area contributed by atoms with Crippen LogP contribution in [0.15, 0.2) is 18.2 Å². The van der Waals surface area contributed by atoms with Gasteiger partial charge in [-0.15, -0.1) is 0 Å². The molecule has 0 bridgehead atoms. The van der Waals surface area contributed by atoms with Gasteiger partial charge < -0.3 is 5.32 Å². The molecule has 1 N–H and O–H groups in total. The first-order valence-electron chi connectivity index (χ1n) is 7.69. The Morgan fingerprint density at radius 3 is 2.68 bits per heavy atom. The van der Waals surface area contributed by atoms with E-state index in [-0.39, 0.29) is 0 Å². The van der Waals surface area contributed by atoms with Gasteiger partial charge >= 0.3 is 0 Å². The fourth-order valence-electron chi connectivity index (χ4n) is 3.15. The van der Waals surface area contributed by atoms with Gasteiger partial charge in [0, 0.05) is 11.1 Å². The van der Waals surface area contributed by atoms with Crippen molar-refractivity contribution in [3.8, 4) is 0 Å². The van der Waals surface area contributed by atoms with Crippen LogP contribution in [-0.2, 0) is 6.42 Å². The Labute approximate surface area is 122 Å². The van der Waals surface area contributed by atoms with Gasteiger partial charge in [-0.25, -0.2) is 0 Å². The van der Waals surface area contributed by atoms with E-state index in [0.29, 0.717) is 6.04 Å². The van der Waals surface area contributed by atoms with E-state index in [0.717, 1.165) is 23.9 Å². The second kappa shape index (κ2) is 7.31. The van der Waals surface area contributed by atoms with Crippen molar-refractivity contribution >= 4 is 11.6 Å². The summed E-state index contributed by atoms with van der Waals surface area (Å²) in [6, 6.07) is 7.06. The van der Waals surface area contributed by atoms with E-state index in [9.17, 15) is 0 Å². The van der Waals surface area contributed by atoms with E-state index < -0.39 is 0 Å². The van der Waals surface area contributed by atoms with Gasteiger partial charge in [0.1, 0.15) is 0 Å². The van der Waals surface area contributed by atoms with Crippen LogP contribution in [-0.4, -0.2) is 12.6 Å². The number of hydrogen-bond acceptors (Lipinski definition) is 1. The Kier molecular flexibility index (Phi) is 5.72. The maximum atomic E-state index is 6.39. The van der Waals surface area contributed by atoms with Crippen molar-refractivity contribution in [1.29, 1.82) is 0 Å². The maximum Gasteiger partial charge on any atom is 0.0441 e. The second-order valence-electron chi connectivity index (χ2n) is 5.90. The molecule has 1 atom stereocenters. The van der Waals surface area contributed by atoms with Crippen molar-refractivity contribution in [1.82, 2.24) is 5.32 Å². The molecule has 0 aromatic heterocycles. The maximum absolute atomic E-state index is 6.39. The predicted molar refractivity (Wildman–Crippen MR) is 83.9 cm³/mol. The van der Waals surface area contributed by atoms with Gasteiger partial charge in [-0.1, -0.05) is 43.5 Å². The molecule has 1 aliphatic carbocycles. The third-order valence-electron chi connectivity index (χ3n) is 4.27. The number of nitrogens with one attached hydrogen (secondary N) is 1. The largest absolute Gasteiger partial charge is 0.313 e. The van der Waals surface area contributed by atoms with Crippen LogP contribution < -0.4 is 5.32 Å². The van der Waals surface area contributed by atoms with E-state index in [2.05, 4.69) is 37.4 Å². The highest BCUT2D eigenvalue weighted by Gasteiger charge is 2.25. The van der Waals surface area contributed by atoms with E-state index in [1.54, 1.807) is 0 Å². The van der Waals surface area contributed by atoms with Crippen molar-refractivity contribution in [2.45, 2.75) is 58.4 Å². The van der Waals surface area contributed by atoms with Crippen LogP contribution in [0.3, 0.4) is 0 Å². The molecule has 1 saturated carbocycles. The van der Waals surface area contributed by atoms with Crippen LogP contribution >= 0.6 is 11.6 Å². The molecule has 106 valence electrons. The van der Waals surface area contributed by atoms with E-state index in [1.165, 1.54) is 43.2 Å². The first kappa shape index (κ1) is 14.9. The highest BCUT2D eigenvalue weighted by molar-refractivity contribution is 6.31. The van der Waals surface area contributed by atoms with Gasteiger partial charge in [-0.3, -0.25) is 0 Å². The standard InChI is InChI=1S/C17H26ClN/c1-3-10-19-17(14-6-4-5-7-14)12-15-9-8-13(2)11-16(15)18/h8-9,11,14,17,19H,3-7,10,12H2,1-2H3. The summed E-state index contributed by atoms with van der Waals surface area (Å²) in [6.45, 7) is 5.45. The summed E-state index contributed by atoms with van der Waals surface area (Å²) in [7, 11) is 0. The van der Waals surface area contributed by atoms with Crippen LogP contribution in [0, 0.1) is 12.8 Å². The molecule has 1 aromatic carbocycles. The molecule has 1 fully saturated rings. The molecule has 0 amide bonds. The van der Waals surface area contributed by atoms with E-state index in [4.69, 9.17) is 11.6 Å². The minimum atomic E-state index is 0.600. The lowest BCUT2D eigenvalue weighted by molar-refractivity contribution is 0.356. The van der Waals surface area contributed by atoms with Gasteiger partial charge in [0.05, 0.1) is 0 Å². The number of hydrogen-bond donors (Lipinski definition) is 1. The van der Waals surface area contributed by atoms with Gasteiger partial charge in [0.15, 0.2) is 0 Å². The van der Waals surface area contributed by atoms with Crippen LogP contribution in [0.1, 0.15) is 50.2 Å². The first-order chi connectivity index (χ1) is 9.20. The molecule has 1 unspecified atom stereocenters. The molecule has 0 saturated heterocycles. The average molecular weight is 280 g/mol. The first-order valence-corrected chi connectivity index (χ1v) is 8.07. The minimum absolute atomic E-state index is 0.600. The van der Waals surface area contributed by atoms with E-state index in [1.807, 2.05) is 0 Å². The monoisotopic (exact) mass is 279 g/mol. The van der Waals surface area contributed by atoms with Gasteiger partial charge in [0.2, 0.25) is 0 Å². The fourth-order valence-corrected chi connectivity index (χ4v) is 3.46. The minimum Gasteiger partial charge on any atom is -0.313 e. The Hall–Kier alpha value is -0.530. The molecule has 1 aromatic rings. The Morgan fingerprint density at radius 1 is 1.32 bits per heavy atom. The molecule has 2 heteroatoms. The topological polar surface area (TPSA) is 12.0 Å². The van der Waals surface area contributed by atoms with Crippen molar-refractivity contribution < 1.29 is 0 Å². The molecule has 0 heterocycles. The van der Waals surface area contributed by atoms with E-state index >= 15 is 0 Å². The molecule has 0 radical (unpaired) electrons. The molecule has 2 rings (SSSR count). The smallest absolute Gasteiger partial charge is 0.0441 e. The summed E-state index contributed by atoms with van der Waals surface area (Å²) >= 11 is 6.39. The van der Waals surface area contributed by atoms with Crippen LogP contribution in [0.2, 0.25) is 5.02 Å². The van der Waals surface area contributed by atoms with Crippen LogP contribution in [0.25, 0.3) is 0 Å². The second-order valence-corrected chi connectivity index (χ2v) is 6.31. The van der Waals surface area contributed by atoms with Gasteiger partial charge in [0.25, 0.3) is 0 Å². The zero-order chi connectivity index (χ0) is 13.7. The van der Waals surface area contributed by atoms with Crippen molar-refractivity contribution in [3.63, 3.8) is 0 Å². The zero-order valence-electron chi connectivity index (χ0n) is 12.2. The van der Waals surface area contributed by atoms with Gasteiger partial charge in [-0.2, -0.15) is 0 Å². The Balaban J connectivity index is 2.05. The van der Waals surface area contributed by atoms with Crippen molar-refractivity contribution in [3.05, 3.63) is 34.3 Å². The van der Waals surface area contributed by atoms with Crippen molar-refractivity contribution in [2.75, 3.05) is 6.54 Å². The third kappa shape index (κ3) is 4.22. The lowest BCUT2D eigenvalue weighted by Gasteiger charge is -2.25. The number of halogens is 1. The quantitative estimate of drug-likeness (QED) is 0.792. The molecule has 0 spiro atoms. The Bertz CT molecular complexity index is 396. The Morgan fingerprint density at radius 2 is 2.05 bits per heavy atom. The summed E-state index contributed by atoms with van der Waals surface area (Å²) in [5, 5.41) is 4.67. The molecule has 1 aliphatic rings. The highest BCUT2D eigenvalue weighted by Crippen LogP contribution is 2.30. The summed E-state index contributed by atoms with van der Waals surface area (Å²) in [5.74, 6) is 0.837. The van der Waals surface area contributed by atoms with Crippen LogP contribution in [0.5, 0.6) is 0 Å². The summed E-state index contributed by atoms with van der Waals surface area (Å²) < 4.78 is 0. The third-order valence-corrected chi connectivity index (χ3v) is 4.63. The summed E-state index contributed by atoms with van der Waals surface area (Å²) in [6.07, 6.45) is 7.83. The summed E-state index contributed by atoms with van der Waals surface area (Å²) in [4.78, 5) is 0. The highest BCUT2D eigenvalue weighted by atomic mass is 35.5. The fraction of sp³-hybridized carbons (Fsp3) is 0.647. The lowest BCUT2D eigenvalue weighted by atomic mass is 9.91. The zero-order valence-corrected chi connectivity index (χ0v) is 13.0. The number of benzene rings is 1. The molecule has 1 nitrogen and oxygen atoms in total. The normalized spacial score (nSPS) is 17.8. The average Bonchev–Trinajstić information content (AvgIpc) is 2.90. The predicted octanol–water partition coefficient (Wildman–Crippen LogP) is 4.75. The molecular weight excluding hydrogens is 254 g/mol. The van der Waals surface area contributed by atoms with Crippen molar-refractivity contribution in [2.24, 2.45) is 5.92 Å². The lowest BCUT2D eigenvalue weighted by Crippen LogP contribution is -2.37. The molecule has 19 heavy (non-hydrogen) atoms. The molecule has 0 aliphatic heterocycles. The van der Waals surface area contributed by atoms with Gasteiger partial charge in [-0.05, 0) is 62.3 Å². The van der Waals surface area contributed by atoms with Crippen LogP contribution in [0.4, 0.5) is 0 Å². The number of rotatable bonds is 6. The number of aryl methyl sites for hydroxylation is 1. The summed E-state index contributed by atoms with van der Waals surface area (Å²) in [5.41, 5.74) is 2.54. The molecular formula is C17H26ClN.